The van der Waals surface area contributed by atoms with Crippen LogP contribution in [0.5, 0.6) is 0 Å². The molecule has 0 aliphatic carbocycles. The van der Waals surface area contributed by atoms with Gasteiger partial charge in [-0.15, -0.1) is 0 Å². The molecule has 110 valence electrons. The number of aliphatic hydroxyl groups excluding tert-OH is 1. The minimum absolute atomic E-state index is 0.145. The first-order valence-corrected chi connectivity index (χ1v) is 6.39. The second-order valence-corrected chi connectivity index (χ2v) is 5.23. The van der Waals surface area contributed by atoms with Crippen molar-refractivity contribution in [3.05, 3.63) is 10.6 Å². The predicted molar refractivity (Wildman–Crippen MR) is 66.7 cm³/mol. The van der Waals surface area contributed by atoms with E-state index in [1.54, 1.807) is 0 Å². The Kier molecular flexibility index (Phi) is 3.75. The van der Waals surface area contributed by atoms with Crippen LogP contribution >= 0.6 is 11.6 Å². The van der Waals surface area contributed by atoms with Gasteiger partial charge in [-0.25, -0.2) is 9.59 Å². The number of halogens is 1. The molecule has 0 radical (unpaired) electrons. The molecule has 0 aromatic rings. The summed E-state index contributed by atoms with van der Waals surface area (Å²) in [5, 5.41) is 18.5. The Bertz CT molecular complexity index is 514. The molecule has 4 atom stereocenters. The number of carboxylic acids is 1. The van der Waals surface area contributed by atoms with Crippen molar-refractivity contribution in [3.8, 4) is 0 Å². The second kappa shape index (κ2) is 5.06. The molecule has 0 aromatic heterocycles. The average molecular weight is 304 g/mol. The van der Waals surface area contributed by atoms with Crippen molar-refractivity contribution in [2.24, 2.45) is 5.92 Å². The van der Waals surface area contributed by atoms with Crippen molar-refractivity contribution in [1.29, 1.82) is 0 Å². The van der Waals surface area contributed by atoms with Gasteiger partial charge in [-0.2, -0.15) is 0 Å². The summed E-state index contributed by atoms with van der Waals surface area (Å²) in [6.07, 6.45) is -0.735. The fraction of sp³-hybridized carbons (Fsp3) is 0.583. The molecular formula is C12H14ClNO6. The molecular weight excluding hydrogens is 290 g/mol. The Hall–Kier alpha value is -1.60. The van der Waals surface area contributed by atoms with Crippen LogP contribution in [0.3, 0.4) is 0 Å². The van der Waals surface area contributed by atoms with Gasteiger partial charge in [0.1, 0.15) is 5.03 Å². The van der Waals surface area contributed by atoms with Crippen LogP contribution in [0.15, 0.2) is 10.6 Å². The highest BCUT2D eigenvalue weighted by molar-refractivity contribution is 6.42. The number of ether oxygens (including phenoxy) is 1. The number of hydrogen-bond donors (Lipinski definition) is 2. The van der Waals surface area contributed by atoms with E-state index < -0.39 is 42.0 Å². The zero-order chi connectivity index (χ0) is 15.2. The van der Waals surface area contributed by atoms with Crippen LogP contribution in [0.25, 0.3) is 0 Å². The fourth-order valence-corrected chi connectivity index (χ4v) is 3.12. The summed E-state index contributed by atoms with van der Waals surface area (Å²) in [6, 6.07) is -1.72. The minimum Gasteiger partial charge on any atom is -0.479 e. The van der Waals surface area contributed by atoms with Crippen molar-refractivity contribution in [2.75, 3.05) is 7.11 Å². The number of hydrogen-bond acceptors (Lipinski definition) is 5. The number of nitrogens with zero attached hydrogens (tertiary/aromatic N) is 1. The van der Waals surface area contributed by atoms with E-state index in [9.17, 15) is 24.6 Å². The minimum atomic E-state index is -1.27. The maximum atomic E-state index is 11.9. The van der Waals surface area contributed by atoms with E-state index in [-0.39, 0.29) is 17.0 Å². The van der Waals surface area contributed by atoms with Crippen molar-refractivity contribution in [3.63, 3.8) is 0 Å². The largest absolute Gasteiger partial charge is 0.479 e. The molecule has 0 aromatic carbocycles. The number of rotatable bonds is 3. The predicted octanol–water partition coefficient (Wildman–Crippen LogP) is -0.283. The lowest BCUT2D eigenvalue weighted by Crippen LogP contribution is -2.64. The zero-order valence-corrected chi connectivity index (χ0v) is 11.6. The molecule has 0 saturated carbocycles. The van der Waals surface area contributed by atoms with E-state index in [0.717, 1.165) is 12.0 Å². The maximum Gasteiger partial charge on any atom is 0.349 e. The third kappa shape index (κ3) is 1.97. The molecule has 2 aliphatic rings. The molecule has 2 heterocycles. The third-order valence-electron chi connectivity index (χ3n) is 3.75. The molecule has 2 aliphatic heterocycles. The van der Waals surface area contributed by atoms with E-state index in [1.807, 2.05) is 0 Å². The lowest BCUT2D eigenvalue weighted by atomic mass is 9.84. The lowest BCUT2D eigenvalue weighted by Gasteiger charge is -2.45. The normalized spacial score (nSPS) is 32.3. The summed E-state index contributed by atoms with van der Waals surface area (Å²) in [7, 11) is 1.13. The number of aliphatic hydroxyl groups is 1. The van der Waals surface area contributed by atoms with Gasteiger partial charge in [0.05, 0.1) is 25.2 Å². The first-order chi connectivity index (χ1) is 9.31. The van der Waals surface area contributed by atoms with Crippen molar-refractivity contribution in [1.82, 2.24) is 4.90 Å². The van der Waals surface area contributed by atoms with Crippen LogP contribution in [0.1, 0.15) is 13.3 Å². The number of fused-ring (bicyclic) bond motifs is 1. The highest BCUT2D eigenvalue weighted by Crippen LogP contribution is 2.45. The van der Waals surface area contributed by atoms with Crippen molar-refractivity contribution >= 4 is 29.4 Å². The van der Waals surface area contributed by atoms with Crippen LogP contribution in [-0.4, -0.2) is 58.3 Å². The van der Waals surface area contributed by atoms with Crippen LogP contribution in [0, 0.1) is 5.92 Å². The fourth-order valence-electron chi connectivity index (χ4n) is 2.87. The Morgan fingerprint density at radius 3 is 2.55 bits per heavy atom. The molecule has 2 saturated heterocycles. The first-order valence-electron chi connectivity index (χ1n) is 6.01. The smallest absolute Gasteiger partial charge is 0.349 e. The van der Waals surface area contributed by atoms with Crippen LogP contribution in [0.4, 0.5) is 0 Å². The Labute approximate surface area is 119 Å². The number of carboxylic acid groups (broad SMARTS) is 1. The van der Waals surface area contributed by atoms with E-state index in [2.05, 4.69) is 4.74 Å². The number of carbonyl (C=O) groups excluding carboxylic acids is 2. The molecule has 0 spiro atoms. The summed E-state index contributed by atoms with van der Waals surface area (Å²) in [6.45, 7) is 1.47. The van der Waals surface area contributed by atoms with Gasteiger partial charge in [0, 0.05) is 0 Å². The van der Waals surface area contributed by atoms with Gasteiger partial charge in [0.2, 0.25) is 5.91 Å². The maximum absolute atomic E-state index is 11.9. The summed E-state index contributed by atoms with van der Waals surface area (Å²) >= 11 is 5.85. The van der Waals surface area contributed by atoms with Gasteiger partial charge in [0.25, 0.3) is 0 Å². The van der Waals surface area contributed by atoms with E-state index in [0.29, 0.717) is 0 Å². The number of carbonyl (C=O) groups is 3. The highest BCUT2D eigenvalue weighted by atomic mass is 35.5. The highest BCUT2D eigenvalue weighted by Gasteiger charge is 2.60. The molecule has 1 amide bonds. The Morgan fingerprint density at radius 1 is 1.50 bits per heavy atom. The molecule has 8 heteroatoms. The van der Waals surface area contributed by atoms with Gasteiger partial charge >= 0.3 is 11.9 Å². The van der Waals surface area contributed by atoms with Crippen LogP contribution in [-0.2, 0) is 19.1 Å². The van der Waals surface area contributed by atoms with Gasteiger partial charge in [-0.1, -0.05) is 11.6 Å². The molecule has 7 nitrogen and oxygen atoms in total. The van der Waals surface area contributed by atoms with Gasteiger partial charge < -0.3 is 19.8 Å². The van der Waals surface area contributed by atoms with Gasteiger partial charge in [0.15, 0.2) is 6.04 Å². The quantitative estimate of drug-likeness (QED) is 0.422. The van der Waals surface area contributed by atoms with E-state index in [4.69, 9.17) is 11.6 Å². The first kappa shape index (κ1) is 14.8. The number of esters is 1. The molecule has 2 N–H and O–H groups in total. The third-order valence-corrected chi connectivity index (χ3v) is 4.15. The average Bonchev–Trinajstić information content (AvgIpc) is 2.71. The number of amides is 1. The summed E-state index contributed by atoms with van der Waals surface area (Å²) < 4.78 is 4.47. The monoisotopic (exact) mass is 303 g/mol. The Morgan fingerprint density at radius 2 is 2.10 bits per heavy atom. The van der Waals surface area contributed by atoms with Crippen LogP contribution in [0.2, 0.25) is 0 Å². The zero-order valence-electron chi connectivity index (χ0n) is 10.9. The van der Waals surface area contributed by atoms with E-state index >= 15 is 0 Å². The standard InChI is InChI=1S/C12H14ClNO6/c1-4(15)7-6-3-5(8(13)12(19)20-2)9(11(17)18)14(6)10(7)16/h4,6-7,9,15H,3H2,1-2H3,(H,17,18). The van der Waals surface area contributed by atoms with Gasteiger partial charge in [-0.3, -0.25) is 4.79 Å². The number of aliphatic carboxylic acids is 1. The topological polar surface area (TPSA) is 104 Å². The summed E-state index contributed by atoms with van der Waals surface area (Å²) in [4.78, 5) is 35.9. The summed E-state index contributed by atoms with van der Waals surface area (Å²) in [5.41, 5.74) is 0.146. The van der Waals surface area contributed by atoms with Crippen LogP contribution < -0.4 is 0 Å². The lowest BCUT2D eigenvalue weighted by molar-refractivity contribution is -0.169. The summed E-state index contributed by atoms with van der Waals surface area (Å²) in [5.74, 6) is -3.20. The molecule has 2 fully saturated rings. The van der Waals surface area contributed by atoms with Gasteiger partial charge in [-0.05, 0) is 18.9 Å². The molecule has 4 unspecified atom stereocenters. The molecule has 0 bridgehead atoms. The number of β-lactam (4-membered cyclic amide) rings is 1. The van der Waals surface area contributed by atoms with Crippen molar-refractivity contribution < 1.29 is 29.3 Å². The molecule has 20 heavy (non-hydrogen) atoms. The second-order valence-electron chi connectivity index (χ2n) is 4.85. The SMILES string of the molecule is COC(=O)C(Cl)=C1CC2C(C(C)O)C(=O)N2C1C(=O)O. The number of methoxy groups -OCH3 is 1. The molecule has 2 rings (SSSR count). The van der Waals surface area contributed by atoms with Crippen molar-refractivity contribution in [2.45, 2.75) is 31.5 Å². The van der Waals surface area contributed by atoms with E-state index in [1.165, 1.54) is 6.92 Å². The Balaban J connectivity index is 2.40.